The minimum Gasteiger partial charge on any atom is -0.374 e. The highest BCUT2D eigenvalue weighted by Crippen LogP contribution is 2.14. The summed E-state index contributed by atoms with van der Waals surface area (Å²) >= 11 is 0. The van der Waals surface area contributed by atoms with Crippen LogP contribution in [0.1, 0.15) is 110 Å². The van der Waals surface area contributed by atoms with Crippen LogP contribution in [0.4, 0.5) is 0 Å². The van der Waals surface area contributed by atoms with Crippen LogP contribution in [-0.4, -0.2) is 18.0 Å². The quantitative estimate of drug-likeness (QED) is 0.217. The highest BCUT2D eigenvalue weighted by molar-refractivity contribution is 8.93. The van der Waals surface area contributed by atoms with Crippen LogP contribution < -0.4 is 0 Å². The van der Waals surface area contributed by atoms with Gasteiger partial charge in [0.15, 0.2) is 0 Å². The Hall–Kier alpha value is -0.240. The Balaban J connectivity index is 0.00000576. The third-order valence-corrected chi connectivity index (χ3v) is 5.18. The van der Waals surface area contributed by atoms with Gasteiger partial charge in [0.1, 0.15) is 0 Å². The molecule has 0 saturated carbocycles. The molecule has 1 nitrogen and oxygen atoms in total. The number of rotatable bonds is 17. The van der Waals surface area contributed by atoms with Gasteiger partial charge in [-0.3, -0.25) is 0 Å². The summed E-state index contributed by atoms with van der Waals surface area (Å²) < 4.78 is 0. The summed E-state index contributed by atoms with van der Waals surface area (Å²) in [6.45, 7) is 4.64. The molecule has 0 unspecified atom stereocenters. The number of halogens is 1. The van der Waals surface area contributed by atoms with E-state index in [0.29, 0.717) is 0 Å². The van der Waals surface area contributed by atoms with Crippen LogP contribution in [-0.2, 0) is 0 Å². The molecule has 1 aliphatic heterocycles. The number of hydrogen-bond acceptors (Lipinski definition) is 1. The van der Waals surface area contributed by atoms with Gasteiger partial charge in [-0.15, -0.1) is 17.0 Å². The van der Waals surface area contributed by atoms with Gasteiger partial charge >= 0.3 is 0 Å². The van der Waals surface area contributed by atoms with E-state index in [0.717, 1.165) is 6.54 Å². The van der Waals surface area contributed by atoms with Gasteiger partial charge in [-0.1, -0.05) is 115 Å². The second-order valence-electron chi connectivity index (χ2n) is 7.57. The average Bonchev–Trinajstić information content (AvgIpc) is 2.62. The Morgan fingerprint density at radius 3 is 1.44 bits per heavy atom. The first-order chi connectivity index (χ1) is 11.9. The van der Waals surface area contributed by atoms with E-state index in [-0.39, 0.29) is 17.0 Å². The van der Waals surface area contributed by atoms with Crippen LogP contribution in [0.15, 0.2) is 24.4 Å². The molecule has 25 heavy (non-hydrogen) atoms. The molecule has 1 rings (SSSR count). The molecule has 0 amide bonds. The molecule has 0 aromatic rings. The van der Waals surface area contributed by atoms with Gasteiger partial charge in [0.25, 0.3) is 0 Å². The first kappa shape index (κ1) is 24.8. The van der Waals surface area contributed by atoms with Gasteiger partial charge in [0.2, 0.25) is 0 Å². The van der Waals surface area contributed by atoms with Crippen LogP contribution in [0.3, 0.4) is 0 Å². The number of allylic oxidation sites excluding steroid dienone is 2. The Morgan fingerprint density at radius 2 is 1.04 bits per heavy atom. The zero-order valence-corrected chi connectivity index (χ0v) is 18.6. The Bertz CT molecular complexity index is 311. The molecule has 148 valence electrons. The minimum atomic E-state index is 0. The maximum absolute atomic E-state index is 2.42. The van der Waals surface area contributed by atoms with E-state index in [4.69, 9.17) is 0 Å². The van der Waals surface area contributed by atoms with Crippen molar-refractivity contribution in [3.63, 3.8) is 0 Å². The van der Waals surface area contributed by atoms with Gasteiger partial charge in [-0.25, -0.2) is 0 Å². The topological polar surface area (TPSA) is 3.24 Å². The monoisotopic (exact) mass is 413 g/mol. The molecule has 0 aromatic heterocycles. The number of hydrogen-bond donors (Lipinski definition) is 0. The summed E-state index contributed by atoms with van der Waals surface area (Å²) in [6.07, 6.45) is 31.9. The third kappa shape index (κ3) is 17.0. The van der Waals surface area contributed by atoms with Crippen molar-refractivity contribution in [2.24, 2.45) is 0 Å². The van der Waals surface area contributed by atoms with Crippen molar-refractivity contribution in [1.82, 2.24) is 4.90 Å². The lowest BCUT2D eigenvalue weighted by molar-refractivity contribution is 0.392. The van der Waals surface area contributed by atoms with E-state index in [1.165, 1.54) is 109 Å². The summed E-state index contributed by atoms with van der Waals surface area (Å²) in [6, 6.07) is 0. The van der Waals surface area contributed by atoms with E-state index in [2.05, 4.69) is 36.3 Å². The molecule has 1 heterocycles. The Morgan fingerprint density at radius 1 is 0.600 bits per heavy atom. The minimum absolute atomic E-state index is 0. The largest absolute Gasteiger partial charge is 0.374 e. The van der Waals surface area contributed by atoms with Crippen LogP contribution in [0, 0.1) is 0 Å². The zero-order valence-electron chi connectivity index (χ0n) is 16.9. The fourth-order valence-electron chi connectivity index (χ4n) is 3.54. The van der Waals surface area contributed by atoms with Crippen molar-refractivity contribution < 1.29 is 0 Å². The molecule has 0 saturated heterocycles. The van der Waals surface area contributed by atoms with Crippen molar-refractivity contribution in [3.8, 4) is 0 Å². The first-order valence-electron chi connectivity index (χ1n) is 11.0. The molecule has 0 spiro atoms. The molecule has 0 radical (unpaired) electrons. The Kier molecular flexibility index (Phi) is 19.9. The molecule has 0 fully saturated rings. The lowest BCUT2D eigenvalue weighted by Crippen LogP contribution is -2.19. The summed E-state index contributed by atoms with van der Waals surface area (Å²) in [5.41, 5.74) is 0. The molecule has 2 heteroatoms. The van der Waals surface area contributed by atoms with Gasteiger partial charge < -0.3 is 4.90 Å². The van der Waals surface area contributed by atoms with Crippen LogP contribution in [0.5, 0.6) is 0 Å². The van der Waals surface area contributed by atoms with Gasteiger partial charge in [-0.05, 0) is 18.7 Å². The molecule has 1 aliphatic rings. The van der Waals surface area contributed by atoms with Crippen molar-refractivity contribution >= 4 is 17.0 Å². The standard InChI is InChI=1S/C23H43N.BrH/c1-2-3-4-5-6-7-8-9-10-11-12-13-14-15-16-18-21-24-22-19-17-20-23-24;/h17,19-20,22H,2-16,18,21,23H2,1H3;1H. The fraction of sp³-hybridized carbons (Fsp3) is 0.826. The normalized spacial score (nSPS) is 13.2. The first-order valence-corrected chi connectivity index (χ1v) is 11.0. The highest BCUT2D eigenvalue weighted by atomic mass is 79.9. The van der Waals surface area contributed by atoms with E-state index >= 15 is 0 Å². The molecule has 0 N–H and O–H groups in total. The Labute approximate surface area is 169 Å². The van der Waals surface area contributed by atoms with Crippen LogP contribution >= 0.6 is 17.0 Å². The van der Waals surface area contributed by atoms with E-state index < -0.39 is 0 Å². The van der Waals surface area contributed by atoms with Crippen LogP contribution in [0.2, 0.25) is 0 Å². The van der Waals surface area contributed by atoms with E-state index in [1.807, 2.05) is 0 Å². The lowest BCUT2D eigenvalue weighted by Gasteiger charge is -2.20. The van der Waals surface area contributed by atoms with Gasteiger partial charge in [0, 0.05) is 13.1 Å². The van der Waals surface area contributed by atoms with Crippen LogP contribution in [0.25, 0.3) is 0 Å². The molecule has 0 aromatic carbocycles. The molecular weight excluding hydrogens is 370 g/mol. The molecule has 0 atom stereocenters. The van der Waals surface area contributed by atoms with Crippen molar-refractivity contribution in [3.05, 3.63) is 24.4 Å². The third-order valence-electron chi connectivity index (χ3n) is 5.18. The summed E-state index contributed by atoms with van der Waals surface area (Å²) in [5.74, 6) is 0. The predicted molar refractivity (Wildman–Crippen MR) is 120 cm³/mol. The molecule has 0 aliphatic carbocycles. The van der Waals surface area contributed by atoms with Crippen molar-refractivity contribution in [2.75, 3.05) is 13.1 Å². The second-order valence-corrected chi connectivity index (χ2v) is 7.57. The smallest absolute Gasteiger partial charge is 0.0357 e. The number of nitrogens with zero attached hydrogens (tertiary/aromatic N) is 1. The lowest BCUT2D eigenvalue weighted by atomic mass is 10.0. The maximum Gasteiger partial charge on any atom is 0.0357 e. The highest BCUT2D eigenvalue weighted by Gasteiger charge is 1.99. The summed E-state index contributed by atoms with van der Waals surface area (Å²) in [5, 5.41) is 0. The van der Waals surface area contributed by atoms with Gasteiger partial charge in [-0.2, -0.15) is 0 Å². The van der Waals surface area contributed by atoms with Crippen molar-refractivity contribution in [2.45, 2.75) is 110 Å². The SMILES string of the molecule is Br.CCCCCCCCCCCCCCCCCCN1C=CC=CC1. The zero-order chi connectivity index (χ0) is 17.1. The van der Waals surface area contributed by atoms with E-state index in [9.17, 15) is 0 Å². The summed E-state index contributed by atoms with van der Waals surface area (Å²) in [4.78, 5) is 2.42. The van der Waals surface area contributed by atoms with Crippen molar-refractivity contribution in [1.29, 1.82) is 0 Å². The second kappa shape index (κ2) is 20.1. The molecule has 0 bridgehead atoms. The predicted octanol–water partition coefficient (Wildman–Crippen LogP) is 8.21. The molecular formula is C23H44BrN. The number of unbranched alkanes of at least 4 members (excludes halogenated alkanes) is 15. The average molecular weight is 415 g/mol. The van der Waals surface area contributed by atoms with E-state index in [1.54, 1.807) is 0 Å². The van der Waals surface area contributed by atoms with Gasteiger partial charge in [0.05, 0.1) is 0 Å². The summed E-state index contributed by atoms with van der Waals surface area (Å²) in [7, 11) is 0. The fourth-order valence-corrected chi connectivity index (χ4v) is 3.54. The maximum atomic E-state index is 2.42.